The van der Waals surface area contributed by atoms with Gasteiger partial charge >= 0.3 is 0 Å². The van der Waals surface area contributed by atoms with Crippen LogP contribution in [0.3, 0.4) is 0 Å². The number of benzene rings is 1. The molecule has 4 heteroatoms. The molecule has 2 N–H and O–H groups in total. The Kier molecular flexibility index (Phi) is 3.51. The number of carbonyl (C=O) groups is 1. The minimum Gasteiger partial charge on any atom is -0.488 e. The van der Waals surface area contributed by atoms with Crippen molar-refractivity contribution in [3.8, 4) is 5.75 Å². The fraction of sp³-hybridized carbons (Fsp3) is 0.400. The summed E-state index contributed by atoms with van der Waals surface area (Å²) < 4.78 is 5.60. The molecule has 0 aromatic heterocycles. The van der Waals surface area contributed by atoms with E-state index >= 15 is 0 Å². The Morgan fingerprint density at radius 2 is 2.26 bits per heavy atom. The van der Waals surface area contributed by atoms with Crippen molar-refractivity contribution in [3.63, 3.8) is 0 Å². The number of fused-ring (bicyclic) bond motifs is 1. The van der Waals surface area contributed by atoms with Gasteiger partial charge in [-0.3, -0.25) is 4.79 Å². The first kappa shape index (κ1) is 12.2. The number of piperidine rings is 1. The van der Waals surface area contributed by atoms with Crippen LogP contribution >= 0.6 is 0 Å². The highest BCUT2D eigenvalue weighted by atomic mass is 16.5. The minimum atomic E-state index is -0.0109. The number of ether oxygens (including phenoxy) is 1. The first-order chi connectivity index (χ1) is 9.33. The molecule has 1 atom stereocenters. The van der Waals surface area contributed by atoms with Crippen molar-refractivity contribution in [1.29, 1.82) is 0 Å². The molecule has 1 aromatic carbocycles. The fourth-order valence-electron chi connectivity index (χ4n) is 2.50. The number of amides is 1. The Bertz CT molecular complexity index is 505. The molecule has 2 heterocycles. The third kappa shape index (κ3) is 2.79. The Morgan fingerprint density at radius 1 is 1.37 bits per heavy atom. The summed E-state index contributed by atoms with van der Waals surface area (Å²) in [6, 6.07) is 8.00. The number of hydrogen-bond acceptors (Lipinski definition) is 3. The van der Waals surface area contributed by atoms with Crippen molar-refractivity contribution in [2.24, 2.45) is 0 Å². The van der Waals surface area contributed by atoms with Crippen molar-refractivity contribution >= 4 is 12.0 Å². The van der Waals surface area contributed by atoms with E-state index in [1.165, 1.54) is 0 Å². The second kappa shape index (κ2) is 5.45. The Hall–Kier alpha value is -1.81. The average molecular weight is 258 g/mol. The topological polar surface area (TPSA) is 50.4 Å². The summed E-state index contributed by atoms with van der Waals surface area (Å²) in [7, 11) is 0. The summed E-state index contributed by atoms with van der Waals surface area (Å²) in [5, 5.41) is 6.36. The smallest absolute Gasteiger partial charge is 0.250 e. The molecule has 3 rings (SSSR count). The number of para-hydroxylation sites is 1. The molecule has 1 fully saturated rings. The van der Waals surface area contributed by atoms with E-state index in [1.807, 2.05) is 30.3 Å². The molecule has 0 bridgehead atoms. The molecule has 0 aliphatic carbocycles. The van der Waals surface area contributed by atoms with Gasteiger partial charge in [0.05, 0.1) is 5.57 Å². The first-order valence-corrected chi connectivity index (χ1v) is 6.77. The summed E-state index contributed by atoms with van der Waals surface area (Å²) >= 11 is 0. The molecule has 1 amide bonds. The van der Waals surface area contributed by atoms with E-state index in [4.69, 9.17) is 4.74 Å². The van der Waals surface area contributed by atoms with E-state index in [0.29, 0.717) is 12.2 Å². The number of hydrogen-bond donors (Lipinski definition) is 2. The van der Waals surface area contributed by atoms with Gasteiger partial charge in [0.1, 0.15) is 12.4 Å². The summed E-state index contributed by atoms with van der Waals surface area (Å²) in [5.41, 5.74) is 1.67. The van der Waals surface area contributed by atoms with Crippen LogP contribution in [0.4, 0.5) is 0 Å². The molecule has 100 valence electrons. The van der Waals surface area contributed by atoms with Crippen molar-refractivity contribution in [2.45, 2.75) is 18.9 Å². The lowest BCUT2D eigenvalue weighted by molar-refractivity contribution is -0.118. The van der Waals surface area contributed by atoms with Crippen molar-refractivity contribution in [3.05, 3.63) is 35.4 Å². The van der Waals surface area contributed by atoms with E-state index in [-0.39, 0.29) is 11.9 Å². The summed E-state index contributed by atoms with van der Waals surface area (Å²) in [5.74, 6) is 0.835. The van der Waals surface area contributed by atoms with Crippen LogP contribution in [0.2, 0.25) is 0 Å². The van der Waals surface area contributed by atoms with Gasteiger partial charge in [0.25, 0.3) is 5.91 Å². The second-order valence-corrected chi connectivity index (χ2v) is 5.01. The normalized spacial score (nSPS) is 21.9. The highest BCUT2D eigenvalue weighted by Gasteiger charge is 2.20. The van der Waals surface area contributed by atoms with Crippen LogP contribution in [0.1, 0.15) is 18.4 Å². The molecule has 2 aliphatic heterocycles. The predicted molar refractivity (Wildman–Crippen MR) is 73.9 cm³/mol. The van der Waals surface area contributed by atoms with Crippen molar-refractivity contribution in [2.75, 3.05) is 19.7 Å². The third-order valence-corrected chi connectivity index (χ3v) is 3.56. The van der Waals surface area contributed by atoms with Crippen LogP contribution in [0.15, 0.2) is 29.8 Å². The van der Waals surface area contributed by atoms with Gasteiger partial charge in [-0.05, 0) is 31.5 Å². The molecule has 0 unspecified atom stereocenters. The van der Waals surface area contributed by atoms with Gasteiger partial charge in [0, 0.05) is 18.2 Å². The molecular weight excluding hydrogens is 240 g/mol. The molecule has 0 spiro atoms. The van der Waals surface area contributed by atoms with E-state index < -0.39 is 0 Å². The Morgan fingerprint density at radius 3 is 3.11 bits per heavy atom. The van der Waals surface area contributed by atoms with Crippen LogP contribution in [0.25, 0.3) is 6.08 Å². The van der Waals surface area contributed by atoms with E-state index in [9.17, 15) is 4.79 Å². The molecule has 1 aromatic rings. The standard InChI is InChI=1S/C15H18N2O2/c18-15(17-13-5-3-7-16-9-13)12-8-11-4-1-2-6-14(11)19-10-12/h1-2,4,6,8,13,16H,3,5,7,9-10H2,(H,17,18)/t13-/m0/s1. The lowest BCUT2D eigenvalue weighted by Crippen LogP contribution is -2.46. The van der Waals surface area contributed by atoms with Gasteiger partial charge in [0.2, 0.25) is 0 Å². The minimum absolute atomic E-state index is 0.0109. The maximum atomic E-state index is 12.2. The lowest BCUT2D eigenvalue weighted by atomic mass is 10.0. The number of rotatable bonds is 2. The zero-order valence-electron chi connectivity index (χ0n) is 10.8. The summed E-state index contributed by atoms with van der Waals surface area (Å²) in [4.78, 5) is 12.2. The molecular formula is C15H18N2O2. The molecule has 0 radical (unpaired) electrons. The van der Waals surface area contributed by atoms with E-state index in [1.54, 1.807) is 0 Å². The predicted octanol–water partition coefficient (Wildman–Crippen LogP) is 1.33. The van der Waals surface area contributed by atoms with Crippen molar-refractivity contribution in [1.82, 2.24) is 10.6 Å². The highest BCUT2D eigenvalue weighted by molar-refractivity contribution is 5.99. The maximum absolute atomic E-state index is 12.2. The molecule has 2 aliphatic rings. The Balaban J connectivity index is 1.69. The fourth-order valence-corrected chi connectivity index (χ4v) is 2.50. The number of nitrogens with one attached hydrogen (secondary N) is 2. The lowest BCUT2D eigenvalue weighted by Gasteiger charge is -2.25. The average Bonchev–Trinajstić information content (AvgIpc) is 2.48. The van der Waals surface area contributed by atoms with Crippen LogP contribution in [-0.4, -0.2) is 31.6 Å². The van der Waals surface area contributed by atoms with Crippen LogP contribution in [-0.2, 0) is 4.79 Å². The monoisotopic (exact) mass is 258 g/mol. The van der Waals surface area contributed by atoms with Crippen LogP contribution in [0, 0.1) is 0 Å². The van der Waals surface area contributed by atoms with Gasteiger partial charge in [0.15, 0.2) is 0 Å². The van der Waals surface area contributed by atoms with Gasteiger partial charge in [-0.1, -0.05) is 18.2 Å². The van der Waals surface area contributed by atoms with Gasteiger partial charge in [-0.15, -0.1) is 0 Å². The van der Waals surface area contributed by atoms with Gasteiger partial charge in [-0.25, -0.2) is 0 Å². The van der Waals surface area contributed by atoms with Gasteiger partial charge < -0.3 is 15.4 Å². The second-order valence-electron chi connectivity index (χ2n) is 5.01. The highest BCUT2D eigenvalue weighted by Crippen LogP contribution is 2.25. The number of carbonyl (C=O) groups excluding carboxylic acids is 1. The molecule has 4 nitrogen and oxygen atoms in total. The molecule has 19 heavy (non-hydrogen) atoms. The van der Waals surface area contributed by atoms with E-state index in [0.717, 1.165) is 37.2 Å². The molecule has 0 saturated carbocycles. The maximum Gasteiger partial charge on any atom is 0.250 e. The summed E-state index contributed by atoms with van der Waals surface area (Å²) in [6.45, 7) is 2.25. The van der Waals surface area contributed by atoms with Crippen LogP contribution < -0.4 is 15.4 Å². The van der Waals surface area contributed by atoms with E-state index in [2.05, 4.69) is 10.6 Å². The van der Waals surface area contributed by atoms with Gasteiger partial charge in [-0.2, -0.15) is 0 Å². The third-order valence-electron chi connectivity index (χ3n) is 3.56. The molecule has 1 saturated heterocycles. The zero-order chi connectivity index (χ0) is 13.1. The Labute approximate surface area is 112 Å². The largest absolute Gasteiger partial charge is 0.488 e. The SMILES string of the molecule is O=C(N[C@H]1CCCNC1)C1=Cc2ccccc2OC1. The van der Waals surface area contributed by atoms with Crippen molar-refractivity contribution < 1.29 is 9.53 Å². The quantitative estimate of drug-likeness (QED) is 0.841. The zero-order valence-corrected chi connectivity index (χ0v) is 10.8. The summed E-state index contributed by atoms with van der Waals surface area (Å²) in [6.07, 6.45) is 4.08. The first-order valence-electron chi connectivity index (χ1n) is 6.77. The van der Waals surface area contributed by atoms with Crippen LogP contribution in [0.5, 0.6) is 5.75 Å².